The summed E-state index contributed by atoms with van der Waals surface area (Å²) in [7, 11) is 4.27. The van der Waals surface area contributed by atoms with Gasteiger partial charge in [-0.3, -0.25) is 0 Å². The lowest BCUT2D eigenvalue weighted by molar-refractivity contribution is 0.698. The molecule has 2 atom stereocenters. The van der Waals surface area contributed by atoms with Crippen LogP contribution in [0.5, 0.6) is 0 Å². The zero-order chi connectivity index (χ0) is 7.28. The van der Waals surface area contributed by atoms with E-state index in [1.165, 1.54) is 36.8 Å². The van der Waals surface area contributed by atoms with Crippen LogP contribution in [0.1, 0.15) is 19.8 Å². The van der Waals surface area contributed by atoms with Crippen molar-refractivity contribution in [2.45, 2.75) is 36.9 Å². The third-order valence-corrected chi connectivity index (χ3v) is 3.75. The minimum Gasteiger partial charge on any atom is -0.0659 e. The Hall–Kier alpha value is 0.651. The summed E-state index contributed by atoms with van der Waals surface area (Å²) in [6, 6.07) is 1.53. The zero-order valence-corrected chi connectivity index (χ0v) is 13.3. The van der Waals surface area contributed by atoms with E-state index < -0.39 is 0 Å². The highest BCUT2D eigenvalue weighted by Gasteiger charge is 2.02. The fourth-order valence-electron chi connectivity index (χ4n) is 1.42. The first-order valence-electron chi connectivity index (χ1n) is 4.16. The van der Waals surface area contributed by atoms with Crippen molar-refractivity contribution in [3.8, 4) is 0 Å². The molecule has 0 saturated heterocycles. The molecule has 0 heterocycles. The fourth-order valence-corrected chi connectivity index (χ4v) is 6.82. The molecular weight excluding hydrogens is 156 g/mol. The van der Waals surface area contributed by atoms with Gasteiger partial charge in [0.15, 0.2) is 0 Å². The van der Waals surface area contributed by atoms with Crippen LogP contribution in [0.2, 0.25) is 17.1 Å². The first-order chi connectivity index (χ1) is 4.16. The molecule has 0 nitrogen and oxygen atoms in total. The lowest BCUT2D eigenvalue weighted by Crippen LogP contribution is -1.96. The van der Waals surface area contributed by atoms with Gasteiger partial charge in [-0.2, -0.15) is 0 Å². The normalized spacial score (nSPS) is 18.3. The lowest BCUT2D eigenvalue weighted by atomic mass is 10.2. The molecule has 0 aliphatic heterocycles. The molecule has 56 valence electrons. The maximum Gasteiger partial charge on any atom is 0.00671 e. The van der Waals surface area contributed by atoms with E-state index in [2.05, 4.69) is 6.92 Å². The van der Waals surface area contributed by atoms with Gasteiger partial charge in [0.1, 0.15) is 0 Å². The van der Waals surface area contributed by atoms with Gasteiger partial charge in [0.25, 0.3) is 0 Å². The van der Waals surface area contributed by atoms with Crippen LogP contribution in [0.4, 0.5) is 0 Å². The van der Waals surface area contributed by atoms with Crippen LogP contribution in [-0.4, -0.2) is 30.7 Å². The van der Waals surface area contributed by atoms with E-state index in [0.717, 1.165) is 11.1 Å². The Balaban J connectivity index is 3.15. The molecule has 0 radical (unpaired) electrons. The van der Waals surface area contributed by atoms with E-state index in [-0.39, 0.29) is 0 Å². The second-order valence-corrected chi connectivity index (χ2v) is 8.13. The van der Waals surface area contributed by atoms with E-state index in [9.17, 15) is 0 Å². The Morgan fingerprint density at radius 3 is 2.22 bits per heavy atom. The molecule has 2 unspecified atom stereocenters. The van der Waals surface area contributed by atoms with Crippen molar-refractivity contribution >= 4 is 30.7 Å². The molecule has 0 rings (SSSR count). The predicted molar refractivity (Wildman–Crippen MR) is 57.0 cm³/mol. The monoisotopic (exact) mass is 176 g/mol. The molecule has 0 aromatic rings. The van der Waals surface area contributed by atoms with Crippen molar-refractivity contribution in [2.24, 2.45) is 0 Å². The lowest BCUT2D eigenvalue weighted by Gasteiger charge is -2.11. The first-order valence-corrected chi connectivity index (χ1v) is 7.89. The molecule has 0 spiro atoms. The molecule has 9 heavy (non-hydrogen) atoms. The van der Waals surface area contributed by atoms with Gasteiger partial charge in [-0.05, 0) is 0 Å². The summed E-state index contributed by atoms with van der Waals surface area (Å²) < 4.78 is 0. The first kappa shape index (κ1) is 9.65. The van der Waals surface area contributed by atoms with E-state index in [1.54, 1.807) is 12.8 Å². The van der Waals surface area contributed by atoms with E-state index in [4.69, 9.17) is 0 Å². The molecule has 0 N–H and O–H groups in total. The SMILES string of the molecule is CC([SiH3])CC([SiH3])CC[SiH3]. The zero-order valence-electron chi connectivity index (χ0n) is 7.28. The number of hydrogen-bond donors (Lipinski definition) is 0. The number of rotatable bonds is 4. The molecule has 0 aromatic heterocycles. The van der Waals surface area contributed by atoms with Gasteiger partial charge in [0, 0.05) is 30.7 Å². The molecule has 0 aliphatic carbocycles. The topological polar surface area (TPSA) is 0 Å². The summed E-state index contributed by atoms with van der Waals surface area (Å²) in [5, 5.41) is 0. The molecule has 0 fully saturated rings. The molecule has 0 saturated carbocycles. The summed E-state index contributed by atoms with van der Waals surface area (Å²) in [4.78, 5) is 0. The van der Waals surface area contributed by atoms with Gasteiger partial charge >= 0.3 is 0 Å². The summed E-state index contributed by atoms with van der Waals surface area (Å²) >= 11 is 0. The molecule has 0 aromatic carbocycles. The van der Waals surface area contributed by atoms with Gasteiger partial charge in [0.2, 0.25) is 0 Å². The van der Waals surface area contributed by atoms with Gasteiger partial charge < -0.3 is 0 Å². The average molecular weight is 176 g/mol. The van der Waals surface area contributed by atoms with E-state index in [1.807, 2.05) is 0 Å². The smallest absolute Gasteiger partial charge is 0.00671 e. The second-order valence-electron chi connectivity index (χ2n) is 3.52. The Morgan fingerprint density at radius 2 is 1.89 bits per heavy atom. The van der Waals surface area contributed by atoms with Gasteiger partial charge in [-0.15, -0.1) is 0 Å². The minimum atomic E-state index is 1.07. The maximum absolute atomic E-state index is 2.39. The third kappa shape index (κ3) is 6.54. The highest BCUT2D eigenvalue weighted by Crippen LogP contribution is 2.19. The van der Waals surface area contributed by atoms with Crippen LogP contribution >= 0.6 is 0 Å². The summed E-state index contributed by atoms with van der Waals surface area (Å²) in [6.07, 6.45) is 3.09. The Morgan fingerprint density at radius 1 is 1.33 bits per heavy atom. The van der Waals surface area contributed by atoms with Crippen molar-refractivity contribution in [3.63, 3.8) is 0 Å². The average Bonchev–Trinajstić information content (AvgIpc) is 1.63. The molecule has 3 heteroatoms. The van der Waals surface area contributed by atoms with Gasteiger partial charge in [0.05, 0.1) is 0 Å². The van der Waals surface area contributed by atoms with Gasteiger partial charge in [-0.1, -0.05) is 36.9 Å². The van der Waals surface area contributed by atoms with Crippen LogP contribution in [0.25, 0.3) is 0 Å². The Kier molecular flexibility index (Phi) is 5.83. The quantitative estimate of drug-likeness (QED) is 0.476. The van der Waals surface area contributed by atoms with Crippen molar-refractivity contribution in [2.75, 3.05) is 0 Å². The predicted octanol–water partition coefficient (Wildman–Crippen LogP) is -1.12. The molecule has 0 aliphatic rings. The summed E-state index contributed by atoms with van der Waals surface area (Å²) in [5.74, 6) is 0. The highest BCUT2D eigenvalue weighted by atomic mass is 28.2. The largest absolute Gasteiger partial charge is 0.0659 e. The summed E-state index contributed by atoms with van der Waals surface area (Å²) in [5.41, 5.74) is 2.22. The third-order valence-electron chi connectivity index (χ3n) is 1.66. The standard InChI is InChI=1S/C6H20Si3/c1-5(8)4-6(9)2-3-7/h5-6H,2-4H2,1,7-9H3. The molecule has 0 bridgehead atoms. The van der Waals surface area contributed by atoms with E-state index in [0.29, 0.717) is 0 Å². The van der Waals surface area contributed by atoms with Crippen molar-refractivity contribution in [1.82, 2.24) is 0 Å². The van der Waals surface area contributed by atoms with Crippen LogP contribution in [0.3, 0.4) is 0 Å². The maximum atomic E-state index is 2.39. The van der Waals surface area contributed by atoms with Gasteiger partial charge in [-0.25, -0.2) is 0 Å². The summed E-state index contributed by atoms with van der Waals surface area (Å²) in [6.45, 7) is 2.39. The fraction of sp³-hybridized carbons (Fsp3) is 1.00. The van der Waals surface area contributed by atoms with Crippen LogP contribution in [0, 0.1) is 0 Å². The van der Waals surface area contributed by atoms with Crippen molar-refractivity contribution < 1.29 is 0 Å². The van der Waals surface area contributed by atoms with Crippen LogP contribution in [0.15, 0.2) is 0 Å². The number of hydrogen-bond acceptors (Lipinski definition) is 0. The Labute approximate surface area is 68.1 Å². The van der Waals surface area contributed by atoms with Crippen LogP contribution in [-0.2, 0) is 0 Å². The van der Waals surface area contributed by atoms with Crippen molar-refractivity contribution in [1.29, 1.82) is 0 Å². The molecular formula is C6H20Si3. The highest BCUT2D eigenvalue weighted by molar-refractivity contribution is 6.15. The second kappa shape index (κ2) is 5.44. The minimum absolute atomic E-state index is 1.07. The van der Waals surface area contributed by atoms with Crippen molar-refractivity contribution in [3.05, 3.63) is 0 Å². The van der Waals surface area contributed by atoms with Crippen LogP contribution < -0.4 is 0 Å². The Bertz CT molecular complexity index is 63.3. The van der Waals surface area contributed by atoms with E-state index >= 15 is 0 Å². The molecule has 0 amide bonds.